The number of amides is 2. The van der Waals surface area contributed by atoms with Crippen LogP contribution >= 0.6 is 0 Å². The predicted octanol–water partition coefficient (Wildman–Crippen LogP) is 1.68. The van der Waals surface area contributed by atoms with E-state index < -0.39 is 5.97 Å². The Hall–Kier alpha value is -1.26. The Morgan fingerprint density at radius 1 is 1.22 bits per heavy atom. The summed E-state index contributed by atoms with van der Waals surface area (Å²) in [5.74, 6) is 0.465. The van der Waals surface area contributed by atoms with Crippen LogP contribution in [0.4, 0.5) is 4.79 Å². The van der Waals surface area contributed by atoms with Crippen LogP contribution in [0.2, 0.25) is 0 Å². The molecule has 2 aliphatic rings. The lowest BCUT2D eigenvalue weighted by Crippen LogP contribution is -2.46. The highest BCUT2D eigenvalue weighted by Crippen LogP contribution is 2.33. The van der Waals surface area contributed by atoms with Gasteiger partial charge in [0.1, 0.15) is 0 Å². The van der Waals surface area contributed by atoms with Crippen molar-refractivity contribution in [1.29, 1.82) is 0 Å². The van der Waals surface area contributed by atoms with E-state index in [0.717, 1.165) is 13.1 Å². The number of hydrogen-bond donors (Lipinski definition) is 2. The fraction of sp³-hybridized carbons (Fsp3) is 0.846. The maximum absolute atomic E-state index is 12.1. The van der Waals surface area contributed by atoms with Crippen LogP contribution in [0.1, 0.15) is 39.0 Å². The number of carboxylic acid groups (broad SMARTS) is 1. The van der Waals surface area contributed by atoms with Crippen LogP contribution in [0.3, 0.4) is 0 Å². The number of nitrogens with one attached hydrogen (secondary N) is 1. The van der Waals surface area contributed by atoms with Gasteiger partial charge in [0.2, 0.25) is 0 Å². The average molecular weight is 254 g/mol. The summed E-state index contributed by atoms with van der Waals surface area (Å²) < 4.78 is 0. The first-order chi connectivity index (χ1) is 8.54. The Morgan fingerprint density at radius 3 is 2.11 bits per heavy atom. The second-order valence-corrected chi connectivity index (χ2v) is 5.74. The van der Waals surface area contributed by atoms with Crippen molar-refractivity contribution >= 4 is 12.0 Å². The lowest BCUT2D eigenvalue weighted by Gasteiger charge is -2.25. The largest absolute Gasteiger partial charge is 0.481 e. The molecule has 0 aromatic heterocycles. The summed E-state index contributed by atoms with van der Waals surface area (Å²) >= 11 is 0. The van der Waals surface area contributed by atoms with Gasteiger partial charge in [-0.3, -0.25) is 4.79 Å². The first-order valence-corrected chi connectivity index (χ1v) is 6.82. The molecule has 0 radical (unpaired) electrons. The van der Waals surface area contributed by atoms with Crippen molar-refractivity contribution in [1.82, 2.24) is 10.2 Å². The van der Waals surface area contributed by atoms with E-state index >= 15 is 0 Å². The maximum Gasteiger partial charge on any atom is 0.317 e. The van der Waals surface area contributed by atoms with Gasteiger partial charge in [-0.15, -0.1) is 0 Å². The van der Waals surface area contributed by atoms with Crippen LogP contribution in [0.5, 0.6) is 0 Å². The molecule has 0 spiro atoms. The number of rotatable bonds is 7. The molecule has 5 heteroatoms. The van der Waals surface area contributed by atoms with Crippen molar-refractivity contribution in [3.8, 4) is 0 Å². The van der Waals surface area contributed by atoms with E-state index in [4.69, 9.17) is 5.11 Å². The molecule has 18 heavy (non-hydrogen) atoms. The Kier molecular flexibility index (Phi) is 4.09. The van der Waals surface area contributed by atoms with E-state index in [-0.39, 0.29) is 18.5 Å². The minimum Gasteiger partial charge on any atom is -0.481 e. The van der Waals surface area contributed by atoms with Crippen LogP contribution < -0.4 is 5.32 Å². The third kappa shape index (κ3) is 4.55. The standard InChI is InChI=1S/C13H22N2O3/c1-9(6-12(16)17)14-13(18)15(7-10-2-3-10)8-11-4-5-11/h9-11H,2-8H2,1H3,(H,14,18)(H,16,17). The van der Waals surface area contributed by atoms with E-state index in [1.165, 1.54) is 25.7 Å². The summed E-state index contributed by atoms with van der Waals surface area (Å²) in [4.78, 5) is 24.5. The summed E-state index contributed by atoms with van der Waals surface area (Å²) in [5, 5.41) is 11.5. The normalized spacial score (nSPS) is 20.3. The van der Waals surface area contributed by atoms with Crippen LogP contribution in [-0.4, -0.2) is 41.1 Å². The lowest BCUT2D eigenvalue weighted by atomic mass is 10.2. The molecule has 0 heterocycles. The number of carboxylic acids is 1. The van der Waals surface area contributed by atoms with Gasteiger partial charge in [-0.1, -0.05) is 0 Å². The third-order valence-corrected chi connectivity index (χ3v) is 3.49. The van der Waals surface area contributed by atoms with Crippen molar-refractivity contribution < 1.29 is 14.7 Å². The quantitative estimate of drug-likeness (QED) is 0.726. The summed E-state index contributed by atoms with van der Waals surface area (Å²) in [5.41, 5.74) is 0. The molecule has 0 saturated heterocycles. The van der Waals surface area contributed by atoms with Crippen molar-refractivity contribution in [2.24, 2.45) is 11.8 Å². The van der Waals surface area contributed by atoms with E-state index in [1.807, 2.05) is 4.90 Å². The lowest BCUT2D eigenvalue weighted by molar-refractivity contribution is -0.137. The average Bonchev–Trinajstić information content (AvgIpc) is 3.09. The number of carbonyl (C=O) groups is 2. The van der Waals surface area contributed by atoms with Crippen LogP contribution in [-0.2, 0) is 4.79 Å². The number of nitrogens with zero attached hydrogens (tertiary/aromatic N) is 1. The molecule has 2 amide bonds. The van der Waals surface area contributed by atoms with Gasteiger partial charge in [0.05, 0.1) is 6.42 Å². The number of urea groups is 1. The van der Waals surface area contributed by atoms with E-state index in [2.05, 4.69) is 5.32 Å². The fourth-order valence-corrected chi connectivity index (χ4v) is 2.08. The number of hydrogen-bond acceptors (Lipinski definition) is 2. The Labute approximate surface area is 108 Å². The van der Waals surface area contributed by atoms with Gasteiger partial charge < -0.3 is 15.3 Å². The minimum atomic E-state index is -0.876. The zero-order valence-corrected chi connectivity index (χ0v) is 10.9. The van der Waals surface area contributed by atoms with Gasteiger partial charge in [-0.05, 0) is 44.4 Å². The molecule has 2 N–H and O–H groups in total. The summed E-state index contributed by atoms with van der Waals surface area (Å²) in [7, 11) is 0. The second-order valence-electron chi connectivity index (χ2n) is 5.74. The van der Waals surface area contributed by atoms with Gasteiger partial charge in [0.15, 0.2) is 0 Å². The SMILES string of the molecule is CC(CC(=O)O)NC(=O)N(CC1CC1)CC1CC1. The first kappa shape index (κ1) is 13.2. The first-order valence-electron chi connectivity index (χ1n) is 6.82. The molecule has 0 bridgehead atoms. The molecule has 5 nitrogen and oxygen atoms in total. The molecule has 102 valence electrons. The van der Waals surface area contributed by atoms with Crippen molar-refractivity contribution in [2.45, 2.75) is 45.1 Å². The topological polar surface area (TPSA) is 69.6 Å². The van der Waals surface area contributed by atoms with Gasteiger partial charge >= 0.3 is 12.0 Å². The molecular weight excluding hydrogens is 232 g/mol. The third-order valence-electron chi connectivity index (χ3n) is 3.49. The molecular formula is C13H22N2O3. The smallest absolute Gasteiger partial charge is 0.317 e. The van der Waals surface area contributed by atoms with Crippen LogP contribution in [0, 0.1) is 11.8 Å². The molecule has 2 rings (SSSR count). The van der Waals surface area contributed by atoms with E-state index in [9.17, 15) is 9.59 Å². The highest BCUT2D eigenvalue weighted by Gasteiger charge is 2.31. The molecule has 1 unspecified atom stereocenters. The van der Waals surface area contributed by atoms with Crippen LogP contribution in [0.25, 0.3) is 0 Å². The van der Waals surface area contributed by atoms with E-state index in [1.54, 1.807) is 6.92 Å². The van der Waals surface area contributed by atoms with Crippen molar-refractivity contribution in [2.75, 3.05) is 13.1 Å². The van der Waals surface area contributed by atoms with Gasteiger partial charge in [-0.2, -0.15) is 0 Å². The monoisotopic (exact) mass is 254 g/mol. The molecule has 2 fully saturated rings. The Bertz CT molecular complexity index is 310. The summed E-state index contributed by atoms with van der Waals surface area (Å²) in [6, 6.07) is -0.404. The van der Waals surface area contributed by atoms with Gasteiger partial charge in [0.25, 0.3) is 0 Å². The van der Waals surface area contributed by atoms with E-state index in [0.29, 0.717) is 11.8 Å². The molecule has 0 aromatic rings. The highest BCUT2D eigenvalue weighted by atomic mass is 16.4. The van der Waals surface area contributed by atoms with Crippen molar-refractivity contribution in [3.05, 3.63) is 0 Å². The second kappa shape index (κ2) is 5.59. The molecule has 2 aliphatic carbocycles. The van der Waals surface area contributed by atoms with Gasteiger partial charge in [-0.25, -0.2) is 4.79 Å². The zero-order valence-electron chi connectivity index (χ0n) is 10.9. The molecule has 2 saturated carbocycles. The van der Waals surface area contributed by atoms with Gasteiger partial charge in [0, 0.05) is 19.1 Å². The van der Waals surface area contributed by atoms with Crippen LogP contribution in [0.15, 0.2) is 0 Å². The molecule has 1 atom stereocenters. The maximum atomic E-state index is 12.1. The fourth-order valence-electron chi connectivity index (χ4n) is 2.08. The zero-order chi connectivity index (χ0) is 13.1. The number of aliphatic carboxylic acids is 1. The summed E-state index contributed by atoms with van der Waals surface area (Å²) in [6.07, 6.45) is 4.86. The summed E-state index contributed by atoms with van der Waals surface area (Å²) in [6.45, 7) is 3.41. The Balaban J connectivity index is 1.79. The number of carbonyl (C=O) groups excluding carboxylic acids is 1. The molecule has 0 aliphatic heterocycles. The Morgan fingerprint density at radius 2 is 1.72 bits per heavy atom. The predicted molar refractivity (Wildman–Crippen MR) is 67.3 cm³/mol. The van der Waals surface area contributed by atoms with Crippen molar-refractivity contribution in [3.63, 3.8) is 0 Å². The molecule has 0 aromatic carbocycles. The highest BCUT2D eigenvalue weighted by molar-refractivity contribution is 5.76. The minimum absolute atomic E-state index is 0.0214.